The maximum Gasteiger partial charge on any atom is 0.263 e. The maximum absolute atomic E-state index is 13.1. The van der Waals surface area contributed by atoms with E-state index in [2.05, 4.69) is 12.1 Å². The van der Waals surface area contributed by atoms with Gasteiger partial charge in [-0.3, -0.25) is 9.59 Å². The molecule has 3 heterocycles. The normalized spacial score (nSPS) is 15.3. The zero-order valence-electron chi connectivity index (χ0n) is 18.1. The molecule has 3 aromatic rings. The van der Waals surface area contributed by atoms with Crippen molar-refractivity contribution in [1.82, 2.24) is 9.80 Å². The standard InChI is InChI=1S/C25H27N3O3S/c1-26(25(30)23-10-6-16-32-23)22(17-19-7-3-2-4-8-19)20-11-14-27(15-12-20)24(29)21-9-5-13-28(31)18-21/h2-10,13,16,18,20,22H,11-12,14-15,17H2,1H3/t22-/m0/s1. The number of hydrogen-bond acceptors (Lipinski definition) is 4. The van der Waals surface area contributed by atoms with Gasteiger partial charge in [0.2, 0.25) is 0 Å². The predicted molar refractivity (Wildman–Crippen MR) is 124 cm³/mol. The molecule has 0 N–H and O–H groups in total. The van der Waals surface area contributed by atoms with Crippen LogP contribution in [0.3, 0.4) is 0 Å². The monoisotopic (exact) mass is 449 g/mol. The predicted octanol–water partition coefficient (Wildman–Crippen LogP) is 3.62. The van der Waals surface area contributed by atoms with Crippen LogP contribution in [0.15, 0.2) is 72.4 Å². The lowest BCUT2D eigenvalue weighted by Crippen LogP contribution is -2.48. The highest BCUT2D eigenvalue weighted by atomic mass is 32.1. The van der Waals surface area contributed by atoms with Gasteiger partial charge < -0.3 is 15.0 Å². The summed E-state index contributed by atoms with van der Waals surface area (Å²) in [6.45, 7) is 1.23. The van der Waals surface area contributed by atoms with Crippen molar-refractivity contribution >= 4 is 23.2 Å². The number of carbonyl (C=O) groups is 2. The molecule has 1 atom stereocenters. The van der Waals surface area contributed by atoms with Gasteiger partial charge in [-0.25, -0.2) is 0 Å². The number of piperidine rings is 1. The van der Waals surface area contributed by atoms with Gasteiger partial charge in [0.25, 0.3) is 11.8 Å². The van der Waals surface area contributed by atoms with E-state index in [1.54, 1.807) is 12.1 Å². The van der Waals surface area contributed by atoms with Crippen LogP contribution in [0.25, 0.3) is 0 Å². The van der Waals surface area contributed by atoms with Crippen LogP contribution in [0, 0.1) is 11.1 Å². The number of thiophene rings is 1. The molecule has 0 saturated carbocycles. The van der Waals surface area contributed by atoms with E-state index in [4.69, 9.17) is 0 Å². The van der Waals surface area contributed by atoms with E-state index in [9.17, 15) is 14.8 Å². The molecule has 2 aromatic heterocycles. The molecule has 32 heavy (non-hydrogen) atoms. The Morgan fingerprint density at radius 1 is 1.12 bits per heavy atom. The number of pyridine rings is 1. The Morgan fingerprint density at radius 2 is 1.88 bits per heavy atom. The molecule has 7 heteroatoms. The topological polar surface area (TPSA) is 67.6 Å². The Balaban J connectivity index is 1.48. The van der Waals surface area contributed by atoms with Gasteiger partial charge in [0, 0.05) is 32.2 Å². The molecule has 0 aliphatic carbocycles. The average molecular weight is 450 g/mol. The van der Waals surface area contributed by atoms with Gasteiger partial charge in [0.1, 0.15) is 5.56 Å². The molecule has 4 rings (SSSR count). The third-order valence-corrected chi connectivity index (χ3v) is 7.09. The van der Waals surface area contributed by atoms with Crippen molar-refractivity contribution < 1.29 is 14.3 Å². The molecule has 1 aliphatic heterocycles. The largest absolute Gasteiger partial charge is 0.619 e. The zero-order chi connectivity index (χ0) is 22.5. The summed E-state index contributed by atoms with van der Waals surface area (Å²) in [5, 5.41) is 13.5. The summed E-state index contributed by atoms with van der Waals surface area (Å²) in [6.07, 6.45) is 5.10. The third kappa shape index (κ3) is 4.99. The number of likely N-dealkylation sites (N-methyl/N-ethyl adjacent to an activating group) is 1. The SMILES string of the molecule is CN(C(=O)c1cccs1)[C@@H](Cc1ccccc1)C1CCN(C(=O)c2ccc[n+]([O-])c2)CC1. The Hall–Kier alpha value is -3.19. The molecule has 0 spiro atoms. The summed E-state index contributed by atoms with van der Waals surface area (Å²) >= 11 is 1.46. The van der Waals surface area contributed by atoms with Crippen molar-refractivity contribution in [1.29, 1.82) is 0 Å². The maximum atomic E-state index is 13.1. The minimum Gasteiger partial charge on any atom is -0.619 e. The number of rotatable bonds is 6. The molecular weight excluding hydrogens is 422 g/mol. The lowest BCUT2D eigenvalue weighted by atomic mass is 9.84. The van der Waals surface area contributed by atoms with Gasteiger partial charge in [-0.05, 0) is 48.3 Å². The number of likely N-dealkylation sites (tertiary alicyclic amines) is 1. The lowest BCUT2D eigenvalue weighted by Gasteiger charge is -2.40. The molecule has 1 saturated heterocycles. The Morgan fingerprint density at radius 3 is 2.53 bits per heavy atom. The van der Waals surface area contributed by atoms with Crippen LogP contribution >= 0.6 is 11.3 Å². The number of benzene rings is 1. The Labute approximate surface area is 192 Å². The van der Waals surface area contributed by atoms with E-state index < -0.39 is 0 Å². The van der Waals surface area contributed by atoms with Gasteiger partial charge in [0.15, 0.2) is 12.4 Å². The van der Waals surface area contributed by atoms with E-state index >= 15 is 0 Å². The van der Waals surface area contributed by atoms with E-state index in [-0.39, 0.29) is 23.8 Å². The van der Waals surface area contributed by atoms with Crippen LogP contribution in [-0.2, 0) is 6.42 Å². The fourth-order valence-corrected chi connectivity index (χ4v) is 5.16. The van der Waals surface area contributed by atoms with Gasteiger partial charge in [-0.15, -0.1) is 11.3 Å². The van der Waals surface area contributed by atoms with Gasteiger partial charge in [-0.1, -0.05) is 36.4 Å². The second-order valence-corrected chi connectivity index (χ2v) is 9.18. The summed E-state index contributed by atoms with van der Waals surface area (Å²) in [5.74, 6) is 0.216. The molecule has 1 aromatic carbocycles. The van der Waals surface area contributed by atoms with Crippen molar-refractivity contribution in [2.45, 2.75) is 25.3 Å². The first-order valence-electron chi connectivity index (χ1n) is 10.9. The van der Waals surface area contributed by atoms with Crippen LogP contribution < -0.4 is 4.73 Å². The minimum atomic E-state index is -0.115. The molecule has 1 aliphatic rings. The number of nitrogens with zero attached hydrogens (tertiary/aromatic N) is 3. The molecule has 6 nitrogen and oxygen atoms in total. The van der Waals surface area contributed by atoms with Crippen molar-refractivity contribution in [3.05, 3.63) is 93.6 Å². The smallest absolute Gasteiger partial charge is 0.263 e. The number of hydrogen-bond donors (Lipinski definition) is 0. The Kier molecular flexibility index (Phi) is 6.85. The summed E-state index contributed by atoms with van der Waals surface area (Å²) < 4.78 is 0.654. The molecule has 0 unspecified atom stereocenters. The molecule has 166 valence electrons. The van der Waals surface area contributed by atoms with E-state index in [1.165, 1.54) is 29.3 Å². The quantitative estimate of drug-likeness (QED) is 0.426. The highest BCUT2D eigenvalue weighted by Gasteiger charge is 2.33. The summed E-state index contributed by atoms with van der Waals surface area (Å²) in [7, 11) is 1.89. The van der Waals surface area contributed by atoms with Gasteiger partial charge in [0.05, 0.1) is 4.88 Å². The van der Waals surface area contributed by atoms with Crippen molar-refractivity contribution in [3.63, 3.8) is 0 Å². The van der Waals surface area contributed by atoms with Crippen LogP contribution in [0.5, 0.6) is 0 Å². The molecule has 0 bridgehead atoms. The lowest BCUT2D eigenvalue weighted by molar-refractivity contribution is -0.605. The second-order valence-electron chi connectivity index (χ2n) is 8.23. The molecular formula is C25H27N3O3S. The first-order valence-corrected chi connectivity index (χ1v) is 11.7. The van der Waals surface area contributed by atoms with Crippen molar-refractivity contribution in [3.8, 4) is 0 Å². The minimum absolute atomic E-state index is 0.0451. The number of aromatic nitrogens is 1. The van der Waals surface area contributed by atoms with Crippen LogP contribution in [0.2, 0.25) is 0 Å². The van der Waals surface area contributed by atoms with Crippen LogP contribution in [0.1, 0.15) is 38.4 Å². The summed E-state index contributed by atoms with van der Waals surface area (Å²) in [6, 6.07) is 17.3. The summed E-state index contributed by atoms with van der Waals surface area (Å²) in [5.41, 5.74) is 1.61. The summed E-state index contributed by atoms with van der Waals surface area (Å²) in [4.78, 5) is 30.4. The fraction of sp³-hybridized carbons (Fsp3) is 0.320. The first-order chi connectivity index (χ1) is 15.5. The van der Waals surface area contributed by atoms with Crippen LogP contribution in [0.4, 0.5) is 0 Å². The molecule has 2 amide bonds. The van der Waals surface area contributed by atoms with Gasteiger partial charge >= 0.3 is 0 Å². The van der Waals surface area contributed by atoms with Gasteiger partial charge in [-0.2, -0.15) is 4.73 Å². The third-order valence-electron chi connectivity index (χ3n) is 6.23. The second kappa shape index (κ2) is 9.96. The van der Waals surface area contributed by atoms with Crippen molar-refractivity contribution in [2.24, 2.45) is 5.92 Å². The number of amides is 2. The highest BCUT2D eigenvalue weighted by molar-refractivity contribution is 7.12. The highest BCUT2D eigenvalue weighted by Crippen LogP contribution is 2.28. The molecule has 0 radical (unpaired) electrons. The zero-order valence-corrected chi connectivity index (χ0v) is 18.9. The fourth-order valence-electron chi connectivity index (χ4n) is 4.45. The van der Waals surface area contributed by atoms with Crippen molar-refractivity contribution in [2.75, 3.05) is 20.1 Å². The van der Waals surface area contributed by atoms with Crippen LogP contribution in [-0.4, -0.2) is 47.8 Å². The number of carbonyl (C=O) groups excluding carboxylic acids is 2. The van der Waals surface area contributed by atoms with E-state index in [0.29, 0.717) is 23.4 Å². The van der Waals surface area contributed by atoms with E-state index in [0.717, 1.165) is 24.1 Å². The first kappa shape index (κ1) is 22.0. The average Bonchev–Trinajstić information content (AvgIpc) is 3.37. The molecule has 1 fully saturated rings. The van der Waals surface area contributed by atoms with E-state index in [1.807, 2.05) is 52.6 Å². The Bertz CT molecular complexity index is 1050.